The van der Waals surface area contributed by atoms with E-state index in [1.165, 1.54) is 12.8 Å². The van der Waals surface area contributed by atoms with Crippen molar-refractivity contribution in [3.05, 3.63) is 36.2 Å². The van der Waals surface area contributed by atoms with Gasteiger partial charge in [-0.05, 0) is 41.8 Å². The first-order chi connectivity index (χ1) is 9.70. The molecule has 5 nitrogen and oxygen atoms in total. The summed E-state index contributed by atoms with van der Waals surface area (Å²) in [6, 6.07) is 10.4. The van der Waals surface area contributed by atoms with Gasteiger partial charge in [-0.25, -0.2) is 0 Å². The molecule has 0 aliphatic rings. The molecule has 2 aromatic rings. The van der Waals surface area contributed by atoms with Gasteiger partial charge in [0.15, 0.2) is 5.82 Å². The molecular weight excluding hydrogens is 250 g/mol. The fraction of sp³-hybridized carbons (Fsp3) is 0.533. The van der Waals surface area contributed by atoms with Crippen molar-refractivity contribution in [2.75, 3.05) is 0 Å². The Labute approximate surface area is 120 Å². The van der Waals surface area contributed by atoms with Gasteiger partial charge in [0.2, 0.25) is 0 Å². The Bertz CT molecular complexity index is 508. The fourth-order valence-electron chi connectivity index (χ4n) is 2.20. The molecule has 2 atom stereocenters. The summed E-state index contributed by atoms with van der Waals surface area (Å²) in [5.41, 5.74) is 0.990. The molecule has 108 valence electrons. The van der Waals surface area contributed by atoms with Crippen LogP contribution in [0.25, 0.3) is 5.69 Å². The molecule has 0 amide bonds. The van der Waals surface area contributed by atoms with Crippen molar-refractivity contribution in [1.82, 2.24) is 25.5 Å². The largest absolute Gasteiger partial charge is 0.307 e. The van der Waals surface area contributed by atoms with Gasteiger partial charge in [0.05, 0.1) is 12.2 Å². The average Bonchev–Trinajstić information content (AvgIpc) is 2.94. The summed E-state index contributed by atoms with van der Waals surface area (Å²) in [6.07, 6.45) is 2.39. The monoisotopic (exact) mass is 273 g/mol. The molecule has 2 unspecified atom stereocenters. The number of nitrogens with zero attached hydrogens (tertiary/aromatic N) is 4. The van der Waals surface area contributed by atoms with Gasteiger partial charge >= 0.3 is 0 Å². The highest BCUT2D eigenvalue weighted by Gasteiger charge is 2.11. The Morgan fingerprint density at radius 2 is 1.95 bits per heavy atom. The third-order valence-corrected chi connectivity index (χ3v) is 3.60. The second-order valence-electron chi connectivity index (χ2n) is 5.37. The summed E-state index contributed by atoms with van der Waals surface area (Å²) in [7, 11) is 0. The molecule has 1 N–H and O–H groups in total. The number of nitrogens with one attached hydrogen (secondary N) is 1. The molecule has 1 aromatic heterocycles. The van der Waals surface area contributed by atoms with Crippen LogP contribution in [0.15, 0.2) is 30.3 Å². The molecule has 5 heteroatoms. The first-order valence-corrected chi connectivity index (χ1v) is 7.26. The van der Waals surface area contributed by atoms with Crippen LogP contribution in [-0.2, 0) is 6.54 Å². The van der Waals surface area contributed by atoms with Crippen LogP contribution in [-0.4, -0.2) is 26.2 Å². The second kappa shape index (κ2) is 7.14. The minimum Gasteiger partial charge on any atom is -0.307 e. The van der Waals surface area contributed by atoms with Gasteiger partial charge in [0, 0.05) is 6.04 Å². The van der Waals surface area contributed by atoms with Crippen LogP contribution in [0.2, 0.25) is 0 Å². The topological polar surface area (TPSA) is 55.6 Å². The van der Waals surface area contributed by atoms with E-state index in [-0.39, 0.29) is 0 Å². The first-order valence-electron chi connectivity index (χ1n) is 7.26. The van der Waals surface area contributed by atoms with Crippen molar-refractivity contribution in [1.29, 1.82) is 0 Å². The Hall–Kier alpha value is -1.75. The maximum atomic E-state index is 4.10. The Morgan fingerprint density at radius 3 is 2.65 bits per heavy atom. The molecule has 0 radical (unpaired) electrons. The summed E-state index contributed by atoms with van der Waals surface area (Å²) in [6.45, 7) is 7.40. The molecule has 0 saturated carbocycles. The van der Waals surface area contributed by atoms with Crippen LogP contribution < -0.4 is 5.32 Å². The molecule has 1 heterocycles. The van der Waals surface area contributed by atoms with E-state index >= 15 is 0 Å². The summed E-state index contributed by atoms with van der Waals surface area (Å²) < 4.78 is 1.78. The third kappa shape index (κ3) is 3.87. The van der Waals surface area contributed by atoms with Gasteiger partial charge in [0.25, 0.3) is 0 Å². The van der Waals surface area contributed by atoms with Gasteiger partial charge in [-0.2, -0.15) is 4.68 Å². The van der Waals surface area contributed by atoms with E-state index < -0.39 is 0 Å². The van der Waals surface area contributed by atoms with Gasteiger partial charge in [-0.1, -0.05) is 38.5 Å². The number of tetrazole rings is 1. The number of benzene rings is 1. The fourth-order valence-corrected chi connectivity index (χ4v) is 2.20. The molecule has 20 heavy (non-hydrogen) atoms. The van der Waals surface area contributed by atoms with Crippen molar-refractivity contribution in [3.8, 4) is 5.69 Å². The standard InChI is InChI=1S/C15H23N5/c1-4-12(2)10-13(3)16-11-15-17-18-19-20(15)14-8-6-5-7-9-14/h5-9,12-13,16H,4,10-11H2,1-3H3. The minimum atomic E-state index is 0.464. The lowest BCUT2D eigenvalue weighted by molar-refractivity contribution is 0.407. The summed E-state index contributed by atoms with van der Waals surface area (Å²) >= 11 is 0. The Kier molecular flexibility index (Phi) is 5.24. The van der Waals surface area contributed by atoms with Crippen molar-refractivity contribution >= 4 is 0 Å². The molecule has 1 aromatic carbocycles. The third-order valence-electron chi connectivity index (χ3n) is 3.60. The maximum absolute atomic E-state index is 4.10. The van der Waals surface area contributed by atoms with Crippen molar-refractivity contribution < 1.29 is 0 Å². The number of aromatic nitrogens is 4. The summed E-state index contributed by atoms with van der Waals surface area (Å²) in [5, 5.41) is 15.4. The first kappa shape index (κ1) is 14.7. The number of para-hydroxylation sites is 1. The van der Waals surface area contributed by atoms with Crippen LogP contribution in [0.1, 0.15) is 39.4 Å². The zero-order chi connectivity index (χ0) is 14.4. The molecule has 0 fully saturated rings. The number of hydrogen-bond donors (Lipinski definition) is 1. The molecule has 0 bridgehead atoms. The van der Waals surface area contributed by atoms with Crippen LogP contribution in [0, 0.1) is 5.92 Å². The highest BCUT2D eigenvalue weighted by atomic mass is 15.5. The quantitative estimate of drug-likeness (QED) is 0.842. The predicted molar refractivity (Wildman–Crippen MR) is 79.5 cm³/mol. The lowest BCUT2D eigenvalue weighted by atomic mass is 10.0. The average molecular weight is 273 g/mol. The van der Waals surface area contributed by atoms with Crippen LogP contribution in [0.5, 0.6) is 0 Å². The van der Waals surface area contributed by atoms with Gasteiger partial charge < -0.3 is 5.32 Å². The van der Waals surface area contributed by atoms with Crippen molar-refractivity contribution in [2.24, 2.45) is 5.92 Å². The normalized spacial score (nSPS) is 14.2. The minimum absolute atomic E-state index is 0.464. The molecule has 2 rings (SSSR count). The smallest absolute Gasteiger partial charge is 0.170 e. The van der Waals surface area contributed by atoms with E-state index in [1.807, 2.05) is 30.3 Å². The number of rotatable bonds is 7. The summed E-state index contributed by atoms with van der Waals surface area (Å²) in [5.74, 6) is 1.58. The van der Waals surface area contributed by atoms with Crippen molar-refractivity contribution in [3.63, 3.8) is 0 Å². The SMILES string of the molecule is CCC(C)CC(C)NCc1nnnn1-c1ccccc1. The highest BCUT2D eigenvalue weighted by molar-refractivity contribution is 5.30. The van der Waals surface area contributed by atoms with Crippen LogP contribution >= 0.6 is 0 Å². The van der Waals surface area contributed by atoms with E-state index in [4.69, 9.17) is 0 Å². The molecule has 0 saturated heterocycles. The van der Waals surface area contributed by atoms with E-state index in [0.29, 0.717) is 12.6 Å². The van der Waals surface area contributed by atoms with Crippen LogP contribution in [0.4, 0.5) is 0 Å². The van der Waals surface area contributed by atoms with E-state index in [1.54, 1.807) is 4.68 Å². The zero-order valence-corrected chi connectivity index (χ0v) is 12.5. The molecule has 0 aliphatic carbocycles. The van der Waals surface area contributed by atoms with Crippen LogP contribution in [0.3, 0.4) is 0 Å². The number of hydrogen-bond acceptors (Lipinski definition) is 4. The molecule has 0 aliphatic heterocycles. The molecule has 0 spiro atoms. The van der Waals surface area contributed by atoms with E-state index in [9.17, 15) is 0 Å². The highest BCUT2D eigenvalue weighted by Crippen LogP contribution is 2.11. The molecular formula is C15H23N5. The maximum Gasteiger partial charge on any atom is 0.170 e. The van der Waals surface area contributed by atoms with E-state index in [2.05, 4.69) is 41.6 Å². The Balaban J connectivity index is 1.96. The zero-order valence-electron chi connectivity index (χ0n) is 12.5. The van der Waals surface area contributed by atoms with Gasteiger partial charge in [-0.15, -0.1) is 5.10 Å². The van der Waals surface area contributed by atoms with E-state index in [0.717, 1.165) is 17.4 Å². The lowest BCUT2D eigenvalue weighted by Crippen LogP contribution is -2.28. The van der Waals surface area contributed by atoms with Gasteiger partial charge in [-0.3, -0.25) is 0 Å². The van der Waals surface area contributed by atoms with Gasteiger partial charge in [0.1, 0.15) is 0 Å². The van der Waals surface area contributed by atoms with Crippen molar-refractivity contribution in [2.45, 2.75) is 46.2 Å². The Morgan fingerprint density at radius 1 is 1.20 bits per heavy atom. The predicted octanol–water partition coefficient (Wildman–Crippen LogP) is 2.58. The lowest BCUT2D eigenvalue weighted by Gasteiger charge is -2.17. The summed E-state index contributed by atoms with van der Waals surface area (Å²) in [4.78, 5) is 0. The second-order valence-corrected chi connectivity index (χ2v) is 5.37.